The van der Waals surface area contributed by atoms with E-state index in [1.807, 2.05) is 4.68 Å². The molecular formula is C14H27N5. The quantitative estimate of drug-likeness (QED) is 0.825. The van der Waals surface area contributed by atoms with E-state index in [9.17, 15) is 0 Å². The van der Waals surface area contributed by atoms with Crippen molar-refractivity contribution in [1.29, 1.82) is 0 Å². The molecule has 0 amide bonds. The fourth-order valence-electron chi connectivity index (χ4n) is 2.35. The third-order valence-electron chi connectivity index (χ3n) is 3.63. The minimum Gasteiger partial charge on any atom is -0.314 e. The van der Waals surface area contributed by atoms with Gasteiger partial charge in [-0.2, -0.15) is 5.10 Å². The number of likely N-dealkylation sites (N-methyl/N-ethyl adjacent to an activating group) is 1. The molecule has 0 aliphatic carbocycles. The number of hydrogen-bond acceptors (Lipinski definition) is 4. The molecule has 1 N–H and O–H groups in total. The highest BCUT2D eigenvalue weighted by atomic mass is 15.3. The number of hydrogen-bond donors (Lipinski definition) is 1. The highest BCUT2D eigenvalue weighted by molar-refractivity contribution is 4.99. The first kappa shape index (κ1) is 14.5. The Kier molecular flexibility index (Phi) is 5.36. The van der Waals surface area contributed by atoms with Crippen LogP contribution in [-0.2, 0) is 6.54 Å². The molecule has 2 heterocycles. The van der Waals surface area contributed by atoms with Crippen molar-refractivity contribution in [2.75, 3.05) is 46.3 Å². The monoisotopic (exact) mass is 265 g/mol. The van der Waals surface area contributed by atoms with Crippen LogP contribution in [0.2, 0.25) is 0 Å². The lowest BCUT2D eigenvalue weighted by molar-refractivity contribution is 0.201. The molecule has 1 fully saturated rings. The second-order valence-electron chi connectivity index (χ2n) is 5.71. The lowest BCUT2D eigenvalue weighted by atomic mass is 10.3. The molecule has 1 aliphatic rings. The zero-order valence-electron chi connectivity index (χ0n) is 12.5. The van der Waals surface area contributed by atoms with E-state index < -0.39 is 0 Å². The van der Waals surface area contributed by atoms with Gasteiger partial charge in [0.25, 0.3) is 0 Å². The van der Waals surface area contributed by atoms with Crippen molar-refractivity contribution < 1.29 is 0 Å². The summed E-state index contributed by atoms with van der Waals surface area (Å²) in [4.78, 5) is 4.88. The third-order valence-corrected chi connectivity index (χ3v) is 3.63. The Morgan fingerprint density at radius 1 is 1.37 bits per heavy atom. The molecule has 0 saturated carbocycles. The van der Waals surface area contributed by atoms with Gasteiger partial charge in [-0.15, -0.1) is 0 Å². The lowest BCUT2D eigenvalue weighted by Crippen LogP contribution is -2.45. The van der Waals surface area contributed by atoms with Gasteiger partial charge in [-0.05, 0) is 27.0 Å². The number of aromatic nitrogens is 2. The smallest absolute Gasteiger partial charge is 0.0764 e. The van der Waals surface area contributed by atoms with Gasteiger partial charge in [-0.3, -0.25) is 14.5 Å². The summed E-state index contributed by atoms with van der Waals surface area (Å²) >= 11 is 0. The van der Waals surface area contributed by atoms with Crippen molar-refractivity contribution in [2.24, 2.45) is 0 Å². The molecule has 5 heteroatoms. The molecule has 0 spiro atoms. The maximum atomic E-state index is 4.60. The fourth-order valence-corrected chi connectivity index (χ4v) is 2.35. The van der Waals surface area contributed by atoms with E-state index in [-0.39, 0.29) is 0 Å². The van der Waals surface area contributed by atoms with Gasteiger partial charge in [-0.25, -0.2) is 0 Å². The Hall–Kier alpha value is -0.910. The topological polar surface area (TPSA) is 36.3 Å². The molecule has 0 bridgehead atoms. The van der Waals surface area contributed by atoms with Gasteiger partial charge < -0.3 is 5.32 Å². The van der Waals surface area contributed by atoms with Crippen LogP contribution in [0.1, 0.15) is 25.6 Å². The maximum Gasteiger partial charge on any atom is 0.0764 e. The van der Waals surface area contributed by atoms with Crippen molar-refractivity contribution in [3.05, 3.63) is 18.0 Å². The Bertz CT molecular complexity index is 368. The van der Waals surface area contributed by atoms with E-state index in [4.69, 9.17) is 0 Å². The largest absolute Gasteiger partial charge is 0.314 e. The molecule has 108 valence electrons. The maximum absolute atomic E-state index is 4.60. The normalized spacial score (nSPS) is 17.5. The van der Waals surface area contributed by atoms with Crippen molar-refractivity contribution in [3.8, 4) is 0 Å². The van der Waals surface area contributed by atoms with E-state index >= 15 is 0 Å². The first-order chi connectivity index (χ1) is 9.15. The molecular weight excluding hydrogens is 238 g/mol. The van der Waals surface area contributed by atoms with Crippen molar-refractivity contribution in [3.63, 3.8) is 0 Å². The van der Waals surface area contributed by atoms with Gasteiger partial charge >= 0.3 is 0 Å². The van der Waals surface area contributed by atoms with Crippen LogP contribution >= 0.6 is 0 Å². The van der Waals surface area contributed by atoms with E-state index in [1.54, 1.807) is 0 Å². The van der Waals surface area contributed by atoms with Gasteiger partial charge in [0, 0.05) is 58.1 Å². The van der Waals surface area contributed by atoms with E-state index in [0.717, 1.165) is 38.4 Å². The fraction of sp³-hybridized carbons (Fsp3) is 0.786. The van der Waals surface area contributed by atoms with E-state index in [1.165, 1.54) is 13.1 Å². The number of nitrogens with one attached hydrogen (secondary N) is 1. The Morgan fingerprint density at radius 2 is 2.11 bits per heavy atom. The summed E-state index contributed by atoms with van der Waals surface area (Å²) < 4.78 is 2.03. The van der Waals surface area contributed by atoms with Crippen molar-refractivity contribution >= 4 is 0 Å². The van der Waals surface area contributed by atoms with Gasteiger partial charge in [0.1, 0.15) is 0 Å². The summed E-state index contributed by atoms with van der Waals surface area (Å²) in [5, 5.41) is 7.98. The predicted octanol–water partition coefficient (Wildman–Crippen LogP) is 0.801. The van der Waals surface area contributed by atoms with Crippen molar-refractivity contribution in [1.82, 2.24) is 24.9 Å². The molecule has 1 aliphatic heterocycles. The summed E-state index contributed by atoms with van der Waals surface area (Å²) in [5.74, 6) is 0. The summed E-state index contributed by atoms with van der Waals surface area (Å²) in [6, 6.07) is 2.57. The summed E-state index contributed by atoms with van der Waals surface area (Å²) in [6.07, 6.45) is 2.07. The van der Waals surface area contributed by atoms with Crippen LogP contribution in [0.3, 0.4) is 0 Å². The zero-order chi connectivity index (χ0) is 13.7. The van der Waals surface area contributed by atoms with Crippen molar-refractivity contribution in [2.45, 2.75) is 26.4 Å². The van der Waals surface area contributed by atoms with E-state index in [0.29, 0.717) is 6.04 Å². The zero-order valence-corrected chi connectivity index (χ0v) is 12.5. The third kappa shape index (κ3) is 4.60. The van der Waals surface area contributed by atoms with Crippen LogP contribution in [0.5, 0.6) is 0 Å². The van der Waals surface area contributed by atoms with Crippen LogP contribution in [0.15, 0.2) is 12.3 Å². The van der Waals surface area contributed by atoms with E-state index in [2.05, 4.69) is 53.4 Å². The predicted molar refractivity (Wildman–Crippen MR) is 78.3 cm³/mol. The number of rotatable bonds is 6. The first-order valence-corrected chi connectivity index (χ1v) is 7.31. The average Bonchev–Trinajstić information content (AvgIpc) is 2.86. The average molecular weight is 265 g/mol. The Balaban J connectivity index is 1.72. The SMILES string of the molecule is CC(C)n1ccc(CN(C)CCN2CCNCC2)n1. The molecule has 0 aromatic carbocycles. The Morgan fingerprint density at radius 3 is 2.74 bits per heavy atom. The highest BCUT2D eigenvalue weighted by Gasteiger charge is 2.11. The Labute approximate surface area is 116 Å². The summed E-state index contributed by atoms with van der Waals surface area (Å²) in [7, 11) is 2.18. The minimum absolute atomic E-state index is 0.444. The minimum atomic E-state index is 0.444. The van der Waals surface area contributed by atoms with Gasteiger partial charge in [0.05, 0.1) is 5.69 Å². The van der Waals surface area contributed by atoms with Gasteiger partial charge in [-0.1, -0.05) is 0 Å². The van der Waals surface area contributed by atoms with Gasteiger partial charge in [0.15, 0.2) is 0 Å². The molecule has 1 aromatic rings. The van der Waals surface area contributed by atoms with Crippen LogP contribution < -0.4 is 5.32 Å². The standard InChI is InChI=1S/C14H27N5/c1-13(2)19-7-4-14(16-19)12-17(3)10-11-18-8-5-15-6-9-18/h4,7,13,15H,5-6,8-12H2,1-3H3. The highest BCUT2D eigenvalue weighted by Crippen LogP contribution is 2.06. The number of piperazine rings is 1. The molecule has 0 unspecified atom stereocenters. The summed E-state index contributed by atoms with van der Waals surface area (Å²) in [5.41, 5.74) is 1.16. The molecule has 19 heavy (non-hydrogen) atoms. The summed E-state index contributed by atoms with van der Waals surface area (Å²) in [6.45, 7) is 12.1. The number of nitrogens with zero attached hydrogens (tertiary/aromatic N) is 4. The van der Waals surface area contributed by atoms with Gasteiger partial charge in [0.2, 0.25) is 0 Å². The molecule has 5 nitrogen and oxygen atoms in total. The first-order valence-electron chi connectivity index (χ1n) is 7.31. The second-order valence-corrected chi connectivity index (χ2v) is 5.71. The van der Waals surface area contributed by atoms with Crippen LogP contribution in [0.4, 0.5) is 0 Å². The van der Waals surface area contributed by atoms with Crippen LogP contribution in [-0.4, -0.2) is 65.9 Å². The molecule has 1 aromatic heterocycles. The molecule has 1 saturated heterocycles. The molecule has 0 atom stereocenters. The van der Waals surface area contributed by atoms with Crippen LogP contribution in [0.25, 0.3) is 0 Å². The van der Waals surface area contributed by atoms with Crippen LogP contribution in [0, 0.1) is 0 Å². The molecule has 2 rings (SSSR count). The molecule has 0 radical (unpaired) electrons. The lowest BCUT2D eigenvalue weighted by Gasteiger charge is -2.28. The second kappa shape index (κ2) is 7.03.